The maximum atomic E-state index is 14.3. The molecule has 188 valence electrons. The van der Waals surface area contributed by atoms with Crippen LogP contribution in [0.1, 0.15) is 55.0 Å². The number of ether oxygens (including phenoxy) is 1. The molecule has 5 rings (SSSR count). The van der Waals surface area contributed by atoms with Gasteiger partial charge >= 0.3 is 6.09 Å². The SMILES string of the molecule is Cc1nn(C)c2cc(C(=O)Nc3cn4cc([C@H]5C[C@H](F)CN5C(=O)OC(C)(C)C)nc4cn3)ccc12. The first-order valence-corrected chi connectivity index (χ1v) is 11.7. The molecule has 10 nitrogen and oxygen atoms in total. The summed E-state index contributed by atoms with van der Waals surface area (Å²) in [6, 6.07) is 4.86. The predicted octanol–water partition coefficient (Wildman–Crippen LogP) is 4.20. The Labute approximate surface area is 207 Å². The number of halogens is 1. The monoisotopic (exact) mass is 493 g/mol. The van der Waals surface area contributed by atoms with Crippen LogP contribution in [-0.2, 0) is 11.8 Å². The molecule has 4 aromatic rings. The first-order chi connectivity index (χ1) is 17.0. The van der Waals surface area contributed by atoms with E-state index in [0.29, 0.717) is 22.7 Å². The molecule has 4 heterocycles. The van der Waals surface area contributed by atoms with Gasteiger partial charge in [0.15, 0.2) is 5.65 Å². The van der Waals surface area contributed by atoms with E-state index in [1.54, 1.807) is 54.4 Å². The molecule has 36 heavy (non-hydrogen) atoms. The van der Waals surface area contributed by atoms with Crippen molar-refractivity contribution in [3.8, 4) is 0 Å². The van der Waals surface area contributed by atoms with Crippen LogP contribution in [0.25, 0.3) is 16.6 Å². The molecule has 0 radical (unpaired) electrons. The Morgan fingerprint density at radius 1 is 1.22 bits per heavy atom. The summed E-state index contributed by atoms with van der Waals surface area (Å²) in [6.45, 7) is 7.18. The van der Waals surface area contributed by atoms with E-state index in [0.717, 1.165) is 16.6 Å². The minimum Gasteiger partial charge on any atom is -0.444 e. The predicted molar refractivity (Wildman–Crippen MR) is 132 cm³/mol. The van der Waals surface area contributed by atoms with Crippen LogP contribution in [0, 0.1) is 6.92 Å². The van der Waals surface area contributed by atoms with Crippen molar-refractivity contribution in [3.63, 3.8) is 0 Å². The lowest BCUT2D eigenvalue weighted by Crippen LogP contribution is -2.37. The molecule has 3 aromatic heterocycles. The van der Waals surface area contributed by atoms with Gasteiger partial charge in [0.2, 0.25) is 0 Å². The molecule has 1 aliphatic rings. The van der Waals surface area contributed by atoms with Gasteiger partial charge in [-0.15, -0.1) is 0 Å². The second-order valence-electron chi connectivity index (χ2n) is 10.1. The molecule has 1 fully saturated rings. The number of hydrogen-bond acceptors (Lipinski definition) is 6. The van der Waals surface area contributed by atoms with E-state index < -0.39 is 23.9 Å². The van der Waals surface area contributed by atoms with Gasteiger partial charge < -0.3 is 14.5 Å². The van der Waals surface area contributed by atoms with Gasteiger partial charge in [-0.25, -0.2) is 19.2 Å². The van der Waals surface area contributed by atoms with Crippen LogP contribution >= 0.6 is 0 Å². The largest absolute Gasteiger partial charge is 0.444 e. The van der Waals surface area contributed by atoms with E-state index in [9.17, 15) is 14.0 Å². The second kappa shape index (κ2) is 8.58. The molecular formula is C25H28FN7O3. The third-order valence-corrected chi connectivity index (χ3v) is 6.12. The number of aromatic nitrogens is 5. The number of alkyl halides is 1. The highest BCUT2D eigenvalue weighted by atomic mass is 19.1. The van der Waals surface area contributed by atoms with E-state index in [4.69, 9.17) is 4.74 Å². The number of rotatable bonds is 3. The van der Waals surface area contributed by atoms with Gasteiger partial charge in [-0.2, -0.15) is 5.10 Å². The number of hydrogen-bond donors (Lipinski definition) is 1. The first kappa shape index (κ1) is 23.7. The van der Waals surface area contributed by atoms with Gasteiger partial charge in [-0.1, -0.05) is 6.07 Å². The Bertz CT molecular complexity index is 1490. The Balaban J connectivity index is 1.37. The minimum atomic E-state index is -1.17. The van der Waals surface area contributed by atoms with Gasteiger partial charge in [0.25, 0.3) is 5.91 Å². The van der Waals surface area contributed by atoms with Crippen LogP contribution < -0.4 is 5.32 Å². The lowest BCUT2D eigenvalue weighted by Gasteiger charge is -2.27. The van der Waals surface area contributed by atoms with E-state index in [-0.39, 0.29) is 18.9 Å². The Morgan fingerprint density at radius 3 is 2.75 bits per heavy atom. The average Bonchev–Trinajstić information content (AvgIpc) is 3.47. The van der Waals surface area contributed by atoms with Crippen molar-refractivity contribution < 1.29 is 18.7 Å². The fourth-order valence-electron chi connectivity index (χ4n) is 4.50. The highest BCUT2D eigenvalue weighted by Crippen LogP contribution is 2.34. The summed E-state index contributed by atoms with van der Waals surface area (Å²) in [5, 5.41) is 8.18. The van der Waals surface area contributed by atoms with Gasteiger partial charge in [0.05, 0.1) is 41.9 Å². The number of anilines is 1. The van der Waals surface area contributed by atoms with E-state index >= 15 is 0 Å². The zero-order chi connectivity index (χ0) is 25.8. The van der Waals surface area contributed by atoms with Crippen molar-refractivity contribution in [2.24, 2.45) is 7.05 Å². The van der Waals surface area contributed by atoms with Crippen LogP contribution in [0.3, 0.4) is 0 Å². The van der Waals surface area contributed by atoms with Crippen LogP contribution in [0.5, 0.6) is 0 Å². The number of nitrogens with one attached hydrogen (secondary N) is 1. The molecule has 0 spiro atoms. The van der Waals surface area contributed by atoms with E-state index in [1.807, 2.05) is 20.0 Å². The summed E-state index contributed by atoms with van der Waals surface area (Å²) in [7, 11) is 1.84. The molecule has 1 N–H and O–H groups in total. The Kier molecular flexibility index (Phi) is 5.65. The lowest BCUT2D eigenvalue weighted by molar-refractivity contribution is 0.0214. The number of likely N-dealkylation sites (tertiary alicyclic amines) is 1. The molecule has 1 saturated heterocycles. The van der Waals surface area contributed by atoms with Crippen molar-refractivity contribution in [1.82, 2.24) is 29.0 Å². The second-order valence-corrected chi connectivity index (χ2v) is 10.1. The maximum absolute atomic E-state index is 14.3. The summed E-state index contributed by atoms with van der Waals surface area (Å²) in [4.78, 5) is 35.8. The van der Waals surface area contributed by atoms with Gasteiger partial charge in [0.1, 0.15) is 17.6 Å². The third-order valence-electron chi connectivity index (χ3n) is 6.12. The Hall–Kier alpha value is -4.02. The number of imidazole rings is 1. The van der Waals surface area contributed by atoms with Crippen molar-refractivity contribution in [2.45, 2.75) is 51.9 Å². The number of benzene rings is 1. The molecule has 0 saturated carbocycles. The van der Waals surface area contributed by atoms with E-state index in [1.165, 1.54) is 11.1 Å². The standard InChI is InChI=1S/C25H28FN7O3/c1-14-17-7-6-15(8-19(17)31(5)30-14)23(34)29-21-13-32-12-18(28-22(32)10-27-21)20-9-16(26)11-33(20)24(35)36-25(2,3)4/h6-8,10,12-13,16,20H,9,11H2,1-5H3,(H,29,34)/t16-,20+/m0/s1. The van der Waals surface area contributed by atoms with Crippen molar-refractivity contribution in [2.75, 3.05) is 11.9 Å². The number of nitrogens with zero attached hydrogens (tertiary/aromatic N) is 6. The molecule has 0 aliphatic carbocycles. The highest BCUT2D eigenvalue weighted by molar-refractivity contribution is 6.05. The minimum absolute atomic E-state index is 0.0481. The molecular weight excluding hydrogens is 465 g/mol. The molecule has 1 aromatic carbocycles. The highest BCUT2D eigenvalue weighted by Gasteiger charge is 2.39. The lowest BCUT2D eigenvalue weighted by atomic mass is 10.1. The number of amides is 2. The summed E-state index contributed by atoms with van der Waals surface area (Å²) < 4.78 is 23.2. The van der Waals surface area contributed by atoms with Crippen LogP contribution in [-0.4, -0.2) is 59.4 Å². The van der Waals surface area contributed by atoms with Crippen molar-refractivity contribution in [3.05, 3.63) is 53.7 Å². The third kappa shape index (κ3) is 4.48. The molecule has 2 amide bonds. The summed E-state index contributed by atoms with van der Waals surface area (Å²) in [5.41, 5.74) is 2.59. The maximum Gasteiger partial charge on any atom is 0.410 e. The van der Waals surface area contributed by atoms with Crippen molar-refractivity contribution in [1.29, 1.82) is 0 Å². The summed E-state index contributed by atoms with van der Waals surface area (Å²) in [5.74, 6) is 0.0200. The Morgan fingerprint density at radius 2 is 2.00 bits per heavy atom. The van der Waals surface area contributed by atoms with Gasteiger partial charge in [0, 0.05) is 30.6 Å². The quantitative estimate of drug-likeness (QED) is 0.459. The fraction of sp³-hybridized carbons (Fsp3) is 0.400. The topological polar surface area (TPSA) is 107 Å². The first-order valence-electron chi connectivity index (χ1n) is 11.7. The molecule has 1 aliphatic heterocycles. The number of aryl methyl sites for hydroxylation is 2. The average molecular weight is 494 g/mol. The van der Waals surface area contributed by atoms with Gasteiger partial charge in [-0.05, 0) is 39.8 Å². The number of carbonyl (C=O) groups excluding carboxylic acids is 2. The van der Waals surface area contributed by atoms with E-state index in [2.05, 4.69) is 20.4 Å². The van der Waals surface area contributed by atoms with Crippen LogP contribution in [0.15, 0.2) is 36.8 Å². The number of carbonyl (C=O) groups is 2. The zero-order valence-electron chi connectivity index (χ0n) is 20.8. The molecule has 2 atom stereocenters. The summed E-state index contributed by atoms with van der Waals surface area (Å²) >= 11 is 0. The number of fused-ring (bicyclic) bond motifs is 2. The van der Waals surface area contributed by atoms with Gasteiger partial charge in [-0.3, -0.25) is 14.4 Å². The normalized spacial score (nSPS) is 18.2. The molecule has 0 bridgehead atoms. The fourth-order valence-corrected chi connectivity index (χ4v) is 4.50. The van der Waals surface area contributed by atoms with Crippen LogP contribution in [0.4, 0.5) is 15.0 Å². The molecule has 0 unspecified atom stereocenters. The van der Waals surface area contributed by atoms with Crippen LogP contribution in [0.2, 0.25) is 0 Å². The zero-order valence-corrected chi connectivity index (χ0v) is 20.8. The smallest absolute Gasteiger partial charge is 0.410 e. The molecule has 11 heteroatoms. The summed E-state index contributed by atoms with van der Waals surface area (Å²) in [6.07, 6.45) is 3.27. The van der Waals surface area contributed by atoms with Crippen molar-refractivity contribution >= 4 is 34.4 Å².